The largest absolute Gasteiger partial charge is 0.310 e. The molecular weight excluding hydrogens is 699 g/mol. The van der Waals surface area contributed by atoms with Crippen molar-refractivity contribution in [2.24, 2.45) is 0 Å². The Kier molecular flexibility index (Phi) is 8.12. The molecule has 11 rings (SSSR count). The van der Waals surface area contributed by atoms with Gasteiger partial charge in [-0.1, -0.05) is 206 Å². The van der Waals surface area contributed by atoms with Crippen LogP contribution < -0.4 is 4.90 Å². The summed E-state index contributed by atoms with van der Waals surface area (Å²) in [5, 5.41) is 4.90. The van der Waals surface area contributed by atoms with E-state index >= 15 is 0 Å². The van der Waals surface area contributed by atoms with Crippen molar-refractivity contribution >= 4 is 38.6 Å². The second kappa shape index (κ2) is 13.9. The molecule has 1 aliphatic carbocycles. The molecule has 10 aromatic carbocycles. The average Bonchev–Trinajstić information content (AvgIpc) is 3.60. The highest BCUT2D eigenvalue weighted by atomic mass is 15.1. The molecule has 0 radical (unpaired) electrons. The van der Waals surface area contributed by atoms with Crippen LogP contribution >= 0.6 is 0 Å². The fourth-order valence-corrected chi connectivity index (χ4v) is 9.62. The summed E-state index contributed by atoms with van der Waals surface area (Å²) in [6, 6.07) is 86.9. The summed E-state index contributed by atoms with van der Waals surface area (Å²) in [7, 11) is 0. The van der Waals surface area contributed by atoms with E-state index in [2.05, 4.69) is 241 Å². The van der Waals surface area contributed by atoms with E-state index in [1.54, 1.807) is 0 Å². The number of nitrogens with zero attached hydrogens (tertiary/aromatic N) is 1. The summed E-state index contributed by atoms with van der Waals surface area (Å²) in [5.74, 6) is 0. The normalized spacial score (nSPS) is 12.6. The number of hydrogen-bond donors (Lipinski definition) is 0. The average molecular weight is 738 g/mol. The van der Waals surface area contributed by atoms with Crippen LogP contribution in [0.25, 0.3) is 54.9 Å². The van der Waals surface area contributed by atoms with Gasteiger partial charge in [-0.15, -0.1) is 0 Å². The lowest BCUT2D eigenvalue weighted by molar-refractivity contribution is 0.768. The maximum absolute atomic E-state index is 2.50. The molecule has 0 fully saturated rings. The zero-order valence-electron chi connectivity index (χ0n) is 32.0. The number of fused-ring (bicyclic) bond motifs is 6. The van der Waals surface area contributed by atoms with Crippen molar-refractivity contribution < 1.29 is 0 Å². The third-order valence-corrected chi connectivity index (χ3v) is 12.1. The van der Waals surface area contributed by atoms with Gasteiger partial charge in [0.1, 0.15) is 0 Å². The zero-order chi connectivity index (χ0) is 38.5. The van der Waals surface area contributed by atoms with E-state index in [1.165, 1.54) is 77.2 Å². The molecule has 0 unspecified atom stereocenters. The van der Waals surface area contributed by atoms with Gasteiger partial charge >= 0.3 is 0 Å². The molecule has 0 bridgehead atoms. The summed E-state index contributed by atoms with van der Waals surface area (Å²) in [6.45, 7) is 0. The first-order valence-corrected chi connectivity index (χ1v) is 20.1. The molecule has 0 amide bonds. The summed E-state index contributed by atoms with van der Waals surface area (Å²) in [4.78, 5) is 2.50. The number of hydrogen-bond acceptors (Lipinski definition) is 1. The molecule has 0 N–H and O–H groups in total. The van der Waals surface area contributed by atoms with Crippen LogP contribution in [0.2, 0.25) is 0 Å². The van der Waals surface area contributed by atoms with Crippen molar-refractivity contribution in [2.45, 2.75) is 5.41 Å². The van der Waals surface area contributed by atoms with Crippen molar-refractivity contribution in [1.82, 2.24) is 0 Å². The predicted octanol–water partition coefficient (Wildman–Crippen LogP) is 15.2. The van der Waals surface area contributed by atoms with Crippen LogP contribution in [0.1, 0.15) is 22.3 Å². The quantitative estimate of drug-likeness (QED) is 0.147. The first-order valence-electron chi connectivity index (χ1n) is 20.1. The van der Waals surface area contributed by atoms with Crippen LogP contribution in [0.5, 0.6) is 0 Å². The summed E-state index contributed by atoms with van der Waals surface area (Å²) >= 11 is 0. The van der Waals surface area contributed by atoms with E-state index in [1.807, 2.05) is 0 Å². The Hall–Kier alpha value is -7.48. The van der Waals surface area contributed by atoms with Gasteiger partial charge in [0.05, 0.1) is 11.1 Å². The Morgan fingerprint density at radius 1 is 0.293 bits per heavy atom. The Labute approximate surface area is 339 Å². The molecule has 272 valence electrons. The SMILES string of the molecule is c1ccc(-c2ccc(N(c3ccc4c(c3)C(c3ccccc3)(c3ccccc3)c3ccccc3-4)c3cc4ccccc4c4ccccc34)cc2-c2ccccc2)cc1. The zero-order valence-corrected chi connectivity index (χ0v) is 32.0. The second-order valence-corrected chi connectivity index (χ2v) is 15.2. The lowest BCUT2D eigenvalue weighted by atomic mass is 9.67. The molecule has 1 aliphatic rings. The van der Waals surface area contributed by atoms with Gasteiger partial charge in [-0.2, -0.15) is 0 Å². The molecule has 0 saturated carbocycles. The molecule has 0 aliphatic heterocycles. The molecular formula is C57H39N. The maximum Gasteiger partial charge on any atom is 0.0714 e. The van der Waals surface area contributed by atoms with Gasteiger partial charge in [0.2, 0.25) is 0 Å². The van der Waals surface area contributed by atoms with Crippen LogP contribution in [-0.4, -0.2) is 0 Å². The first kappa shape index (κ1) is 33.8. The van der Waals surface area contributed by atoms with Crippen molar-refractivity contribution in [3.8, 4) is 33.4 Å². The highest BCUT2D eigenvalue weighted by Gasteiger charge is 2.46. The van der Waals surface area contributed by atoms with Crippen LogP contribution in [0.4, 0.5) is 17.1 Å². The summed E-state index contributed by atoms with van der Waals surface area (Å²) in [5.41, 5.74) is 15.2. The minimum atomic E-state index is -0.520. The van der Waals surface area contributed by atoms with Gasteiger partial charge in [-0.05, 0) is 102 Å². The van der Waals surface area contributed by atoms with Gasteiger partial charge in [0.15, 0.2) is 0 Å². The van der Waals surface area contributed by atoms with Crippen LogP contribution in [0.15, 0.2) is 237 Å². The number of anilines is 3. The minimum absolute atomic E-state index is 0.520. The molecule has 0 atom stereocenters. The third-order valence-electron chi connectivity index (χ3n) is 12.1. The molecule has 10 aromatic rings. The van der Waals surface area contributed by atoms with E-state index in [0.717, 1.165) is 17.1 Å². The van der Waals surface area contributed by atoms with Crippen molar-refractivity contribution in [3.05, 3.63) is 259 Å². The molecule has 1 heteroatoms. The van der Waals surface area contributed by atoms with Gasteiger partial charge in [-0.3, -0.25) is 0 Å². The standard InChI is InChI=1S/C57H39N/c1-5-19-40(20-6-1)48-35-33-45(38-53(48)41-21-7-2-8-22-41)58(56-37-42-23-13-14-28-47(42)49-29-15-16-31-52(49)56)46-34-36-51-50-30-17-18-32-54(50)57(55(51)39-46,43-24-9-3-10-25-43)44-26-11-4-12-27-44/h1-39H. The fourth-order valence-electron chi connectivity index (χ4n) is 9.62. The van der Waals surface area contributed by atoms with Crippen molar-refractivity contribution in [3.63, 3.8) is 0 Å². The number of benzene rings is 10. The highest BCUT2D eigenvalue weighted by molar-refractivity contribution is 6.14. The van der Waals surface area contributed by atoms with Gasteiger partial charge in [0, 0.05) is 16.8 Å². The van der Waals surface area contributed by atoms with Crippen LogP contribution in [-0.2, 0) is 5.41 Å². The third kappa shape index (κ3) is 5.32. The Morgan fingerprint density at radius 3 is 1.45 bits per heavy atom. The minimum Gasteiger partial charge on any atom is -0.310 e. The Bertz CT molecular complexity index is 3060. The monoisotopic (exact) mass is 737 g/mol. The molecule has 0 spiro atoms. The molecule has 0 saturated heterocycles. The molecule has 58 heavy (non-hydrogen) atoms. The van der Waals surface area contributed by atoms with Gasteiger partial charge < -0.3 is 4.90 Å². The predicted molar refractivity (Wildman–Crippen MR) is 244 cm³/mol. The van der Waals surface area contributed by atoms with Crippen LogP contribution in [0, 0.1) is 0 Å². The topological polar surface area (TPSA) is 3.24 Å². The molecule has 1 nitrogen and oxygen atoms in total. The van der Waals surface area contributed by atoms with E-state index in [9.17, 15) is 0 Å². The molecule has 0 aromatic heterocycles. The van der Waals surface area contributed by atoms with Crippen molar-refractivity contribution in [2.75, 3.05) is 4.90 Å². The first-order chi connectivity index (χ1) is 28.8. The smallest absolute Gasteiger partial charge is 0.0714 e. The lowest BCUT2D eigenvalue weighted by Gasteiger charge is -2.35. The summed E-state index contributed by atoms with van der Waals surface area (Å²) in [6.07, 6.45) is 0. The van der Waals surface area contributed by atoms with Gasteiger partial charge in [-0.25, -0.2) is 0 Å². The van der Waals surface area contributed by atoms with E-state index in [0.29, 0.717) is 0 Å². The highest BCUT2D eigenvalue weighted by Crippen LogP contribution is 2.57. The number of rotatable bonds is 7. The fraction of sp³-hybridized carbons (Fsp3) is 0.0175. The second-order valence-electron chi connectivity index (χ2n) is 15.2. The van der Waals surface area contributed by atoms with E-state index in [4.69, 9.17) is 0 Å². The summed E-state index contributed by atoms with van der Waals surface area (Å²) < 4.78 is 0. The lowest BCUT2D eigenvalue weighted by Crippen LogP contribution is -2.28. The Balaban J connectivity index is 1.23. The van der Waals surface area contributed by atoms with Gasteiger partial charge in [0.25, 0.3) is 0 Å². The van der Waals surface area contributed by atoms with Crippen LogP contribution in [0.3, 0.4) is 0 Å². The Morgan fingerprint density at radius 2 is 0.776 bits per heavy atom. The van der Waals surface area contributed by atoms with E-state index in [-0.39, 0.29) is 0 Å². The maximum atomic E-state index is 2.50. The molecule has 0 heterocycles. The van der Waals surface area contributed by atoms with E-state index < -0.39 is 5.41 Å². The van der Waals surface area contributed by atoms with Crippen molar-refractivity contribution in [1.29, 1.82) is 0 Å².